The molecule has 1 aromatic rings. The lowest BCUT2D eigenvalue weighted by Gasteiger charge is -2.05. The highest BCUT2D eigenvalue weighted by molar-refractivity contribution is 7.09. The van der Waals surface area contributed by atoms with E-state index in [1.165, 1.54) is 17.4 Å². The lowest BCUT2D eigenvalue weighted by molar-refractivity contribution is -0.141. The Morgan fingerprint density at radius 1 is 1.61 bits per heavy atom. The summed E-state index contributed by atoms with van der Waals surface area (Å²) in [6.07, 6.45) is 3.46. The van der Waals surface area contributed by atoms with E-state index in [2.05, 4.69) is 10.3 Å². The highest BCUT2D eigenvalue weighted by atomic mass is 32.1. The minimum Gasteiger partial charge on any atom is -0.481 e. The molecule has 0 bridgehead atoms. The number of carbonyl (C=O) groups excluding carboxylic acids is 1. The molecule has 1 aromatic heterocycles. The molecule has 1 heterocycles. The van der Waals surface area contributed by atoms with Gasteiger partial charge in [-0.15, -0.1) is 11.3 Å². The van der Waals surface area contributed by atoms with Crippen LogP contribution in [0.5, 0.6) is 0 Å². The summed E-state index contributed by atoms with van der Waals surface area (Å²) < 4.78 is 0. The molecule has 18 heavy (non-hydrogen) atoms. The van der Waals surface area contributed by atoms with Gasteiger partial charge in [0.1, 0.15) is 0 Å². The van der Waals surface area contributed by atoms with Gasteiger partial charge in [-0.25, -0.2) is 4.98 Å². The molecule has 0 aliphatic carbocycles. The highest BCUT2D eigenvalue weighted by Gasteiger charge is 2.10. The molecule has 0 saturated carbocycles. The molecule has 2 N–H and O–H groups in total. The van der Waals surface area contributed by atoms with Crippen LogP contribution in [-0.4, -0.2) is 28.5 Å². The van der Waals surface area contributed by atoms with Gasteiger partial charge in [-0.3, -0.25) is 9.59 Å². The first kappa shape index (κ1) is 14.4. The van der Waals surface area contributed by atoms with Gasteiger partial charge in [-0.2, -0.15) is 0 Å². The van der Waals surface area contributed by atoms with E-state index in [9.17, 15) is 9.59 Å². The molecule has 0 aliphatic heterocycles. The number of rotatable bonds is 6. The van der Waals surface area contributed by atoms with Gasteiger partial charge in [0, 0.05) is 18.0 Å². The number of aryl methyl sites for hydroxylation is 1. The highest BCUT2D eigenvalue weighted by Crippen LogP contribution is 2.08. The Morgan fingerprint density at radius 2 is 2.33 bits per heavy atom. The van der Waals surface area contributed by atoms with E-state index in [-0.39, 0.29) is 5.91 Å². The van der Waals surface area contributed by atoms with Crippen molar-refractivity contribution in [3.63, 3.8) is 0 Å². The number of aromatic nitrogens is 1. The van der Waals surface area contributed by atoms with Crippen LogP contribution in [0.1, 0.15) is 24.0 Å². The molecule has 0 saturated heterocycles. The molecular weight excluding hydrogens is 252 g/mol. The number of hydrogen-bond donors (Lipinski definition) is 2. The first-order valence-electron chi connectivity index (χ1n) is 5.60. The average molecular weight is 268 g/mol. The van der Waals surface area contributed by atoms with Gasteiger partial charge in [0.2, 0.25) is 5.91 Å². The van der Waals surface area contributed by atoms with Crippen LogP contribution in [0.3, 0.4) is 0 Å². The van der Waals surface area contributed by atoms with Gasteiger partial charge in [-0.05, 0) is 19.4 Å². The zero-order chi connectivity index (χ0) is 13.5. The molecule has 1 rings (SSSR count). The van der Waals surface area contributed by atoms with Gasteiger partial charge < -0.3 is 10.4 Å². The number of carboxylic acids is 1. The number of nitrogens with one attached hydrogen (secondary N) is 1. The molecular formula is C12H16N2O3S. The maximum Gasteiger partial charge on any atom is 0.306 e. The fourth-order valence-corrected chi connectivity index (χ4v) is 1.79. The molecule has 0 spiro atoms. The lowest BCUT2D eigenvalue weighted by atomic mass is 10.1. The molecule has 1 atom stereocenters. The summed E-state index contributed by atoms with van der Waals surface area (Å²) in [6.45, 7) is 3.87. The summed E-state index contributed by atoms with van der Waals surface area (Å²) in [6, 6.07) is 0. The summed E-state index contributed by atoms with van der Waals surface area (Å²) in [5.74, 6) is -1.54. The van der Waals surface area contributed by atoms with Crippen molar-refractivity contribution in [2.45, 2.75) is 20.3 Å². The Morgan fingerprint density at radius 3 is 2.89 bits per heavy atom. The van der Waals surface area contributed by atoms with Gasteiger partial charge in [0.05, 0.1) is 16.6 Å². The van der Waals surface area contributed by atoms with Crippen molar-refractivity contribution in [2.24, 2.45) is 5.92 Å². The van der Waals surface area contributed by atoms with Crippen molar-refractivity contribution in [1.82, 2.24) is 10.3 Å². The van der Waals surface area contributed by atoms with Crippen molar-refractivity contribution in [2.75, 3.05) is 6.54 Å². The molecule has 0 radical (unpaired) electrons. The molecule has 0 aliphatic rings. The van der Waals surface area contributed by atoms with Crippen LogP contribution < -0.4 is 5.32 Å². The van der Waals surface area contributed by atoms with Crippen LogP contribution in [0.15, 0.2) is 11.5 Å². The Kier molecular flexibility index (Phi) is 5.51. The summed E-state index contributed by atoms with van der Waals surface area (Å²) >= 11 is 1.52. The number of carbonyl (C=O) groups is 2. The van der Waals surface area contributed by atoms with Crippen molar-refractivity contribution in [3.05, 3.63) is 22.2 Å². The third-order valence-corrected chi connectivity index (χ3v) is 3.13. The zero-order valence-electron chi connectivity index (χ0n) is 10.3. The smallest absolute Gasteiger partial charge is 0.306 e. The third-order valence-electron chi connectivity index (χ3n) is 2.34. The van der Waals surface area contributed by atoms with Crippen molar-refractivity contribution < 1.29 is 14.7 Å². The fourth-order valence-electron chi connectivity index (χ4n) is 1.21. The second kappa shape index (κ2) is 6.90. The summed E-state index contributed by atoms with van der Waals surface area (Å²) in [5.41, 5.74) is 0.756. The maximum absolute atomic E-state index is 11.4. The van der Waals surface area contributed by atoms with Crippen LogP contribution in [0.25, 0.3) is 6.08 Å². The normalized spacial score (nSPS) is 12.6. The monoisotopic (exact) mass is 268 g/mol. The minimum atomic E-state index is -0.849. The van der Waals surface area contributed by atoms with Crippen molar-refractivity contribution >= 4 is 29.3 Å². The van der Waals surface area contributed by atoms with Crippen LogP contribution in [-0.2, 0) is 9.59 Å². The van der Waals surface area contributed by atoms with Crippen LogP contribution in [0.4, 0.5) is 0 Å². The third kappa shape index (κ3) is 5.09. The number of carboxylic acid groups (broad SMARTS) is 1. The van der Waals surface area contributed by atoms with E-state index in [4.69, 9.17) is 5.11 Å². The summed E-state index contributed by atoms with van der Waals surface area (Å²) in [4.78, 5) is 26.1. The molecule has 98 valence electrons. The summed E-state index contributed by atoms with van der Waals surface area (Å²) in [7, 11) is 0. The number of amides is 1. The Balaban J connectivity index is 2.30. The topological polar surface area (TPSA) is 79.3 Å². The standard InChI is InChI=1S/C12H16N2O3S/c1-8(12(16)17)5-6-13-11(15)4-3-10-7-18-9(2)14-10/h3-4,7-8H,5-6H2,1-2H3,(H,13,15)(H,16,17)/b4-3+. The van der Waals surface area contributed by atoms with E-state index in [0.29, 0.717) is 13.0 Å². The first-order chi connectivity index (χ1) is 8.49. The van der Waals surface area contributed by atoms with E-state index in [1.807, 2.05) is 12.3 Å². The second-order valence-corrected chi connectivity index (χ2v) is 5.01. The van der Waals surface area contributed by atoms with Gasteiger partial charge >= 0.3 is 5.97 Å². The Bertz CT molecular complexity index is 454. The van der Waals surface area contributed by atoms with Crippen molar-refractivity contribution in [1.29, 1.82) is 0 Å². The van der Waals surface area contributed by atoms with Crippen LogP contribution in [0, 0.1) is 12.8 Å². The fraction of sp³-hybridized carbons (Fsp3) is 0.417. The van der Waals surface area contributed by atoms with Crippen molar-refractivity contribution in [3.8, 4) is 0 Å². The summed E-state index contributed by atoms with van der Waals surface area (Å²) in [5, 5.41) is 14.1. The van der Waals surface area contributed by atoms with E-state index in [1.54, 1.807) is 13.0 Å². The molecule has 5 nitrogen and oxygen atoms in total. The molecule has 0 fully saturated rings. The van der Waals surface area contributed by atoms with E-state index in [0.717, 1.165) is 10.7 Å². The second-order valence-electron chi connectivity index (χ2n) is 3.94. The predicted octanol–water partition coefficient (Wildman–Crippen LogP) is 1.69. The molecule has 1 unspecified atom stereocenters. The first-order valence-corrected chi connectivity index (χ1v) is 6.48. The lowest BCUT2D eigenvalue weighted by Crippen LogP contribution is -2.25. The number of hydrogen-bond acceptors (Lipinski definition) is 4. The Labute approximate surface area is 110 Å². The minimum absolute atomic E-state index is 0.238. The Hall–Kier alpha value is -1.69. The number of nitrogens with zero attached hydrogens (tertiary/aromatic N) is 1. The molecule has 0 aromatic carbocycles. The maximum atomic E-state index is 11.4. The number of thiazole rings is 1. The quantitative estimate of drug-likeness (QED) is 0.769. The SMILES string of the molecule is Cc1nc(/C=C/C(=O)NCCC(C)C(=O)O)cs1. The molecule has 1 amide bonds. The van der Waals surface area contributed by atoms with Gasteiger partial charge in [0.15, 0.2) is 0 Å². The van der Waals surface area contributed by atoms with Crippen LogP contribution >= 0.6 is 11.3 Å². The van der Waals surface area contributed by atoms with Gasteiger partial charge in [-0.1, -0.05) is 6.92 Å². The van der Waals surface area contributed by atoms with E-state index >= 15 is 0 Å². The van der Waals surface area contributed by atoms with E-state index < -0.39 is 11.9 Å². The predicted molar refractivity (Wildman–Crippen MR) is 70.3 cm³/mol. The number of aliphatic carboxylic acids is 1. The van der Waals surface area contributed by atoms with Gasteiger partial charge in [0.25, 0.3) is 0 Å². The molecule has 6 heteroatoms. The average Bonchev–Trinajstić information content (AvgIpc) is 2.72. The van der Waals surface area contributed by atoms with Crippen LogP contribution in [0.2, 0.25) is 0 Å². The largest absolute Gasteiger partial charge is 0.481 e. The zero-order valence-corrected chi connectivity index (χ0v) is 11.2.